The zero-order valence-electron chi connectivity index (χ0n) is 17.7. The average Bonchev–Trinajstić information content (AvgIpc) is 3.08. The van der Waals surface area contributed by atoms with Crippen LogP contribution in [0.4, 0.5) is 5.82 Å². The van der Waals surface area contributed by atoms with Crippen LogP contribution < -0.4 is 11.1 Å². The van der Waals surface area contributed by atoms with E-state index in [1.807, 2.05) is 16.8 Å². The number of carbonyl (C=O) groups is 1. The number of benzene rings is 1. The number of nitrogens with two attached hydrogens (primary N) is 1. The molecule has 1 saturated heterocycles. The molecule has 0 unspecified atom stereocenters. The molecule has 28 heavy (non-hydrogen) atoms. The van der Waals surface area contributed by atoms with E-state index < -0.39 is 6.04 Å². The van der Waals surface area contributed by atoms with E-state index in [0.717, 1.165) is 31.6 Å². The lowest BCUT2D eigenvalue weighted by atomic mass is 9.70. The van der Waals surface area contributed by atoms with Gasteiger partial charge in [0.15, 0.2) is 0 Å². The Labute approximate surface area is 168 Å². The first-order valence-electron chi connectivity index (χ1n) is 10.0. The van der Waals surface area contributed by atoms with Crippen molar-refractivity contribution in [1.82, 2.24) is 14.7 Å². The fraction of sp³-hybridized carbons (Fsp3) is 0.545. The lowest BCUT2D eigenvalue weighted by molar-refractivity contribution is -0.117. The van der Waals surface area contributed by atoms with Crippen LogP contribution in [0, 0.1) is 0 Å². The van der Waals surface area contributed by atoms with Crippen molar-refractivity contribution in [2.24, 2.45) is 5.73 Å². The molecule has 6 nitrogen and oxygen atoms in total. The molecule has 0 bridgehead atoms. The van der Waals surface area contributed by atoms with Gasteiger partial charge in [0.25, 0.3) is 0 Å². The van der Waals surface area contributed by atoms with Crippen molar-refractivity contribution in [3.8, 4) is 0 Å². The van der Waals surface area contributed by atoms with Crippen LogP contribution >= 0.6 is 0 Å². The molecule has 2 aromatic rings. The molecule has 1 aliphatic rings. The van der Waals surface area contributed by atoms with E-state index in [1.54, 1.807) is 6.92 Å². The van der Waals surface area contributed by atoms with Crippen molar-refractivity contribution in [3.05, 3.63) is 47.7 Å². The summed E-state index contributed by atoms with van der Waals surface area (Å²) in [5.41, 5.74) is 7.66. The van der Waals surface area contributed by atoms with E-state index >= 15 is 0 Å². The summed E-state index contributed by atoms with van der Waals surface area (Å²) in [6.07, 6.45) is 1.99. The second-order valence-electron chi connectivity index (χ2n) is 9.03. The Bertz CT molecular complexity index is 811. The van der Waals surface area contributed by atoms with Gasteiger partial charge in [0, 0.05) is 11.5 Å². The van der Waals surface area contributed by atoms with Crippen LogP contribution in [0.2, 0.25) is 0 Å². The smallest absolute Gasteiger partial charge is 0.242 e. The molecule has 1 aliphatic heterocycles. The van der Waals surface area contributed by atoms with Crippen LogP contribution in [0.15, 0.2) is 36.4 Å². The molecular weight excluding hydrogens is 350 g/mol. The fourth-order valence-electron chi connectivity index (χ4n) is 3.91. The van der Waals surface area contributed by atoms with E-state index in [9.17, 15) is 4.79 Å². The van der Waals surface area contributed by atoms with Gasteiger partial charge in [-0.1, -0.05) is 30.3 Å². The van der Waals surface area contributed by atoms with E-state index in [4.69, 9.17) is 10.8 Å². The molecule has 2 heterocycles. The maximum Gasteiger partial charge on any atom is 0.242 e. The maximum atomic E-state index is 12.3. The predicted molar refractivity (Wildman–Crippen MR) is 113 cm³/mol. The van der Waals surface area contributed by atoms with Gasteiger partial charge in [0.05, 0.1) is 17.3 Å². The van der Waals surface area contributed by atoms with Gasteiger partial charge in [-0.05, 0) is 66.2 Å². The van der Waals surface area contributed by atoms with Gasteiger partial charge in [-0.2, -0.15) is 5.10 Å². The summed E-state index contributed by atoms with van der Waals surface area (Å²) in [7, 11) is 2.16. The standard InChI is InChI=1S/C22H33N5O/c1-16(23)20(28)24-19-15-18(25-27(19)21(2,3)4)22(11-13-26(5)14-12-22)17-9-7-6-8-10-17/h6-10,15-16H,11-14,23H2,1-5H3,(H,24,28)/t16-/m0/s1. The summed E-state index contributed by atoms with van der Waals surface area (Å²) in [6.45, 7) is 9.99. The second kappa shape index (κ2) is 7.68. The molecule has 1 aromatic carbocycles. The Morgan fingerprint density at radius 1 is 1.21 bits per heavy atom. The second-order valence-corrected chi connectivity index (χ2v) is 9.03. The fourth-order valence-corrected chi connectivity index (χ4v) is 3.91. The molecule has 1 amide bonds. The van der Waals surface area contributed by atoms with E-state index in [-0.39, 0.29) is 16.9 Å². The third kappa shape index (κ3) is 3.98. The highest BCUT2D eigenvalue weighted by Gasteiger charge is 2.40. The minimum Gasteiger partial charge on any atom is -0.320 e. The monoisotopic (exact) mass is 383 g/mol. The summed E-state index contributed by atoms with van der Waals surface area (Å²) in [6, 6.07) is 12.1. The molecule has 3 rings (SSSR count). The minimum absolute atomic E-state index is 0.155. The van der Waals surface area contributed by atoms with Gasteiger partial charge in [0.1, 0.15) is 5.82 Å². The number of hydrogen-bond acceptors (Lipinski definition) is 4. The first-order valence-corrected chi connectivity index (χ1v) is 10.0. The Balaban J connectivity index is 2.11. The Morgan fingerprint density at radius 2 is 1.82 bits per heavy atom. The summed E-state index contributed by atoms with van der Waals surface area (Å²) >= 11 is 0. The quantitative estimate of drug-likeness (QED) is 0.851. The number of carbonyl (C=O) groups excluding carboxylic acids is 1. The lowest BCUT2D eigenvalue weighted by Crippen LogP contribution is -2.42. The van der Waals surface area contributed by atoms with Crippen molar-refractivity contribution in [3.63, 3.8) is 0 Å². The molecule has 6 heteroatoms. The van der Waals surface area contributed by atoms with Crippen LogP contribution in [0.5, 0.6) is 0 Å². The molecule has 3 N–H and O–H groups in total. The van der Waals surface area contributed by atoms with Crippen molar-refractivity contribution < 1.29 is 4.79 Å². The molecule has 1 aromatic heterocycles. The molecule has 0 spiro atoms. The molecule has 1 atom stereocenters. The van der Waals surface area contributed by atoms with Crippen LogP contribution in [0.25, 0.3) is 0 Å². The SMILES string of the molecule is C[C@H](N)C(=O)Nc1cc(C2(c3ccccc3)CCN(C)CC2)nn1C(C)(C)C. The molecule has 0 saturated carbocycles. The highest BCUT2D eigenvalue weighted by Crippen LogP contribution is 2.42. The first-order chi connectivity index (χ1) is 13.1. The van der Waals surface area contributed by atoms with Crippen LogP contribution in [0.1, 0.15) is 51.8 Å². The van der Waals surface area contributed by atoms with Crippen molar-refractivity contribution >= 4 is 11.7 Å². The number of amides is 1. The summed E-state index contributed by atoms with van der Waals surface area (Å²) in [4.78, 5) is 14.6. The first kappa shape index (κ1) is 20.6. The Morgan fingerprint density at radius 3 is 2.36 bits per heavy atom. The van der Waals surface area contributed by atoms with Crippen molar-refractivity contribution in [2.75, 3.05) is 25.5 Å². The molecule has 152 valence electrons. The molecule has 0 radical (unpaired) electrons. The van der Waals surface area contributed by atoms with Gasteiger partial charge in [-0.25, -0.2) is 4.68 Å². The van der Waals surface area contributed by atoms with Crippen LogP contribution in [-0.2, 0) is 15.7 Å². The number of nitrogens with zero attached hydrogens (tertiary/aromatic N) is 3. The average molecular weight is 384 g/mol. The van der Waals surface area contributed by atoms with Crippen molar-refractivity contribution in [2.45, 2.75) is 57.5 Å². The minimum atomic E-state index is -0.571. The van der Waals surface area contributed by atoms with Gasteiger partial charge in [-0.3, -0.25) is 4.79 Å². The zero-order chi connectivity index (χ0) is 20.5. The largest absolute Gasteiger partial charge is 0.320 e. The summed E-state index contributed by atoms with van der Waals surface area (Å²) in [5.74, 6) is 0.508. The topological polar surface area (TPSA) is 76.2 Å². The summed E-state index contributed by atoms with van der Waals surface area (Å²) < 4.78 is 1.92. The zero-order valence-corrected chi connectivity index (χ0v) is 17.7. The number of aromatic nitrogens is 2. The number of hydrogen-bond donors (Lipinski definition) is 2. The summed E-state index contributed by atoms with van der Waals surface area (Å²) in [5, 5.41) is 8.01. The van der Waals surface area contributed by atoms with Crippen LogP contribution in [-0.4, -0.2) is 46.8 Å². The number of anilines is 1. The van der Waals surface area contributed by atoms with Gasteiger partial charge >= 0.3 is 0 Å². The highest BCUT2D eigenvalue weighted by molar-refractivity contribution is 5.93. The number of piperidine rings is 1. The third-order valence-electron chi connectivity index (χ3n) is 5.67. The third-order valence-corrected chi connectivity index (χ3v) is 5.67. The Kier molecular flexibility index (Phi) is 5.64. The van der Waals surface area contributed by atoms with Gasteiger partial charge in [0.2, 0.25) is 5.91 Å². The maximum absolute atomic E-state index is 12.3. The number of rotatable bonds is 4. The molecule has 1 fully saturated rings. The van der Waals surface area contributed by atoms with Crippen molar-refractivity contribution in [1.29, 1.82) is 0 Å². The number of nitrogens with one attached hydrogen (secondary N) is 1. The van der Waals surface area contributed by atoms with Crippen LogP contribution in [0.3, 0.4) is 0 Å². The van der Waals surface area contributed by atoms with E-state index in [0.29, 0.717) is 5.82 Å². The molecular formula is C22H33N5O. The normalized spacial score (nSPS) is 18.6. The lowest BCUT2D eigenvalue weighted by Gasteiger charge is -2.40. The number of likely N-dealkylation sites (tertiary alicyclic amines) is 1. The Hall–Kier alpha value is -2.18. The predicted octanol–water partition coefficient (Wildman–Crippen LogP) is 2.94. The van der Waals surface area contributed by atoms with Gasteiger partial charge in [-0.15, -0.1) is 0 Å². The highest BCUT2D eigenvalue weighted by atomic mass is 16.2. The van der Waals surface area contributed by atoms with E-state index in [1.165, 1.54) is 5.56 Å². The van der Waals surface area contributed by atoms with Gasteiger partial charge < -0.3 is 16.0 Å². The molecule has 0 aliphatic carbocycles. The van der Waals surface area contributed by atoms with E-state index in [2.05, 4.69) is 62.3 Å².